The minimum absolute atomic E-state index is 0.0187. The Hall–Kier alpha value is -1.84. The second kappa shape index (κ2) is 4.80. The molecular weight excluding hydrogens is 230 g/mol. The predicted molar refractivity (Wildman–Crippen MR) is 68.6 cm³/mol. The number of hydrogen-bond acceptors (Lipinski definition) is 2. The van der Waals surface area contributed by atoms with Crippen molar-refractivity contribution in [2.75, 3.05) is 11.4 Å². The topological polar surface area (TPSA) is 57.6 Å². The summed E-state index contributed by atoms with van der Waals surface area (Å²) in [7, 11) is 0. The van der Waals surface area contributed by atoms with Gasteiger partial charge in [0.2, 0.25) is 5.91 Å². The van der Waals surface area contributed by atoms with Crippen LogP contribution < -0.4 is 4.90 Å². The first-order valence-corrected chi connectivity index (χ1v) is 6.09. The van der Waals surface area contributed by atoms with Gasteiger partial charge in [0.05, 0.1) is 0 Å². The number of aryl methyl sites for hydroxylation is 2. The number of carboxylic acids is 1. The fraction of sp³-hybridized carbons (Fsp3) is 0.429. The zero-order valence-corrected chi connectivity index (χ0v) is 10.6. The Balaban J connectivity index is 2.31. The van der Waals surface area contributed by atoms with E-state index in [0.29, 0.717) is 5.69 Å². The summed E-state index contributed by atoms with van der Waals surface area (Å²) < 4.78 is 0. The third-order valence-electron chi connectivity index (χ3n) is 3.00. The molecule has 4 heteroatoms. The number of benzene rings is 1. The van der Waals surface area contributed by atoms with Gasteiger partial charge in [-0.2, -0.15) is 0 Å². The minimum Gasteiger partial charge on any atom is -0.480 e. The molecule has 1 aliphatic rings. The molecule has 0 aromatic heterocycles. The summed E-state index contributed by atoms with van der Waals surface area (Å²) in [6, 6.07) is 5.72. The van der Waals surface area contributed by atoms with Crippen molar-refractivity contribution >= 4 is 17.6 Å². The molecule has 1 saturated carbocycles. The molecule has 0 unspecified atom stereocenters. The van der Waals surface area contributed by atoms with E-state index in [1.165, 1.54) is 4.90 Å². The quantitative estimate of drug-likeness (QED) is 0.886. The molecule has 1 amide bonds. The van der Waals surface area contributed by atoms with Gasteiger partial charge in [-0.05, 0) is 49.9 Å². The number of nitrogens with zero attached hydrogens (tertiary/aromatic N) is 1. The predicted octanol–water partition coefficient (Wildman–Crippen LogP) is 2.13. The van der Waals surface area contributed by atoms with Gasteiger partial charge in [-0.15, -0.1) is 0 Å². The lowest BCUT2D eigenvalue weighted by molar-refractivity contribution is -0.136. The highest BCUT2D eigenvalue weighted by Gasteiger charge is 2.34. The number of rotatable bonds is 4. The van der Waals surface area contributed by atoms with Crippen LogP contribution in [-0.2, 0) is 9.59 Å². The molecular formula is C14H17NO3. The summed E-state index contributed by atoms with van der Waals surface area (Å²) in [5, 5.41) is 8.94. The number of carboxylic acid groups (broad SMARTS) is 1. The zero-order chi connectivity index (χ0) is 13.3. The molecule has 0 bridgehead atoms. The Morgan fingerprint density at radius 1 is 1.22 bits per heavy atom. The van der Waals surface area contributed by atoms with Crippen molar-refractivity contribution in [1.82, 2.24) is 0 Å². The van der Waals surface area contributed by atoms with Gasteiger partial charge >= 0.3 is 5.97 Å². The van der Waals surface area contributed by atoms with Gasteiger partial charge in [0.15, 0.2) is 0 Å². The first-order chi connectivity index (χ1) is 8.47. The molecule has 2 rings (SSSR count). The van der Waals surface area contributed by atoms with Crippen molar-refractivity contribution in [1.29, 1.82) is 0 Å². The van der Waals surface area contributed by atoms with E-state index < -0.39 is 5.97 Å². The average molecular weight is 247 g/mol. The van der Waals surface area contributed by atoms with E-state index in [4.69, 9.17) is 5.11 Å². The van der Waals surface area contributed by atoms with Crippen LogP contribution in [0.1, 0.15) is 24.0 Å². The molecule has 1 N–H and O–H groups in total. The first kappa shape index (κ1) is 12.6. The van der Waals surface area contributed by atoms with Crippen LogP contribution in [-0.4, -0.2) is 23.5 Å². The van der Waals surface area contributed by atoms with Crippen LogP contribution in [0.3, 0.4) is 0 Å². The van der Waals surface area contributed by atoms with Crippen LogP contribution in [0, 0.1) is 19.8 Å². The number of amides is 1. The maximum absolute atomic E-state index is 12.1. The van der Waals surface area contributed by atoms with Gasteiger partial charge in [-0.25, -0.2) is 0 Å². The molecule has 0 spiro atoms. The smallest absolute Gasteiger partial charge is 0.323 e. The summed E-state index contributed by atoms with van der Waals surface area (Å²) >= 11 is 0. The molecule has 1 aliphatic carbocycles. The molecule has 18 heavy (non-hydrogen) atoms. The molecule has 96 valence electrons. The Morgan fingerprint density at radius 2 is 1.78 bits per heavy atom. The maximum atomic E-state index is 12.1. The Morgan fingerprint density at radius 3 is 2.22 bits per heavy atom. The Bertz CT molecular complexity index is 472. The first-order valence-electron chi connectivity index (χ1n) is 6.09. The van der Waals surface area contributed by atoms with E-state index in [9.17, 15) is 9.59 Å². The van der Waals surface area contributed by atoms with Crippen LogP contribution >= 0.6 is 0 Å². The van der Waals surface area contributed by atoms with Crippen LogP contribution in [0.2, 0.25) is 0 Å². The van der Waals surface area contributed by atoms with Crippen LogP contribution in [0.4, 0.5) is 5.69 Å². The van der Waals surface area contributed by atoms with E-state index in [-0.39, 0.29) is 18.4 Å². The monoisotopic (exact) mass is 247 g/mol. The third kappa shape index (κ3) is 2.88. The summed E-state index contributed by atoms with van der Waals surface area (Å²) in [4.78, 5) is 24.4. The van der Waals surface area contributed by atoms with Crippen molar-refractivity contribution in [2.45, 2.75) is 26.7 Å². The van der Waals surface area contributed by atoms with Gasteiger partial charge in [-0.1, -0.05) is 6.07 Å². The van der Waals surface area contributed by atoms with E-state index >= 15 is 0 Å². The lowest BCUT2D eigenvalue weighted by Crippen LogP contribution is -2.36. The molecule has 1 aromatic carbocycles. The second-order valence-electron chi connectivity index (χ2n) is 4.94. The van der Waals surface area contributed by atoms with Crippen molar-refractivity contribution in [3.8, 4) is 0 Å². The molecule has 0 atom stereocenters. The van der Waals surface area contributed by atoms with Gasteiger partial charge in [0, 0.05) is 11.6 Å². The second-order valence-corrected chi connectivity index (χ2v) is 4.94. The van der Waals surface area contributed by atoms with E-state index in [0.717, 1.165) is 24.0 Å². The van der Waals surface area contributed by atoms with Gasteiger partial charge in [0.25, 0.3) is 0 Å². The Kier molecular flexibility index (Phi) is 3.36. The molecule has 0 radical (unpaired) electrons. The SMILES string of the molecule is Cc1cc(C)cc(N(CC(=O)O)C(=O)C2CC2)c1. The third-order valence-corrected chi connectivity index (χ3v) is 3.00. The van der Waals surface area contributed by atoms with Crippen molar-refractivity contribution in [3.63, 3.8) is 0 Å². The van der Waals surface area contributed by atoms with Crippen LogP contribution in [0.15, 0.2) is 18.2 Å². The summed E-state index contributed by atoms with van der Waals surface area (Å²) in [5.41, 5.74) is 2.75. The largest absolute Gasteiger partial charge is 0.480 e. The number of anilines is 1. The van der Waals surface area contributed by atoms with Gasteiger partial charge in [-0.3, -0.25) is 9.59 Å². The summed E-state index contributed by atoms with van der Waals surface area (Å²) in [6.45, 7) is 3.62. The molecule has 0 heterocycles. The van der Waals surface area contributed by atoms with Gasteiger partial charge < -0.3 is 10.0 Å². The van der Waals surface area contributed by atoms with Crippen molar-refractivity contribution in [2.24, 2.45) is 5.92 Å². The van der Waals surface area contributed by atoms with Crippen LogP contribution in [0.5, 0.6) is 0 Å². The highest BCUT2D eigenvalue weighted by atomic mass is 16.4. The highest BCUT2D eigenvalue weighted by Crippen LogP contribution is 2.33. The van der Waals surface area contributed by atoms with Crippen molar-refractivity contribution in [3.05, 3.63) is 29.3 Å². The molecule has 0 saturated heterocycles. The maximum Gasteiger partial charge on any atom is 0.323 e. The normalized spacial score (nSPS) is 14.3. The number of hydrogen-bond donors (Lipinski definition) is 1. The lowest BCUT2D eigenvalue weighted by Gasteiger charge is -2.21. The van der Waals surface area contributed by atoms with E-state index in [1.807, 2.05) is 32.0 Å². The Labute approximate surface area is 106 Å². The van der Waals surface area contributed by atoms with E-state index in [1.54, 1.807) is 0 Å². The summed E-state index contributed by atoms with van der Waals surface area (Å²) in [5.74, 6) is -1.03. The van der Waals surface area contributed by atoms with E-state index in [2.05, 4.69) is 0 Å². The van der Waals surface area contributed by atoms with Crippen LogP contribution in [0.25, 0.3) is 0 Å². The minimum atomic E-state index is -0.983. The fourth-order valence-electron chi connectivity index (χ4n) is 2.09. The number of carbonyl (C=O) groups is 2. The van der Waals surface area contributed by atoms with Crippen molar-refractivity contribution < 1.29 is 14.7 Å². The molecule has 4 nitrogen and oxygen atoms in total. The van der Waals surface area contributed by atoms with Gasteiger partial charge in [0.1, 0.15) is 6.54 Å². The number of carbonyl (C=O) groups excluding carboxylic acids is 1. The zero-order valence-electron chi connectivity index (χ0n) is 10.6. The standard InChI is InChI=1S/C14H17NO3/c1-9-5-10(2)7-12(6-9)15(8-13(16)17)14(18)11-3-4-11/h5-7,11H,3-4,8H2,1-2H3,(H,16,17). The molecule has 1 aromatic rings. The molecule has 1 fully saturated rings. The lowest BCUT2D eigenvalue weighted by atomic mass is 10.1. The highest BCUT2D eigenvalue weighted by molar-refractivity contribution is 5.99. The average Bonchev–Trinajstić information content (AvgIpc) is 3.06. The fourth-order valence-corrected chi connectivity index (χ4v) is 2.09. The number of aliphatic carboxylic acids is 1. The summed E-state index contributed by atoms with van der Waals surface area (Å²) in [6.07, 6.45) is 1.75. The molecule has 0 aliphatic heterocycles.